The zero-order valence-electron chi connectivity index (χ0n) is 23.8. The summed E-state index contributed by atoms with van der Waals surface area (Å²) in [6, 6.07) is 9.24. The first-order valence-electron chi connectivity index (χ1n) is 13.3. The van der Waals surface area contributed by atoms with Gasteiger partial charge < -0.3 is 24.4 Å². The molecule has 1 aliphatic rings. The van der Waals surface area contributed by atoms with Gasteiger partial charge in [-0.05, 0) is 43.5 Å². The molecule has 0 saturated heterocycles. The molecule has 0 unspecified atom stereocenters. The van der Waals surface area contributed by atoms with Gasteiger partial charge in [-0.1, -0.05) is 24.3 Å². The zero-order valence-corrected chi connectivity index (χ0v) is 23.8. The number of carbonyl (C=O) groups is 2. The lowest BCUT2D eigenvalue weighted by Gasteiger charge is -2.26. The van der Waals surface area contributed by atoms with Gasteiger partial charge in [0.2, 0.25) is 11.7 Å². The Labute approximate surface area is 237 Å². The van der Waals surface area contributed by atoms with Crippen LogP contribution in [0.25, 0.3) is 16.5 Å². The summed E-state index contributed by atoms with van der Waals surface area (Å²) < 4.78 is 44.6. The van der Waals surface area contributed by atoms with Crippen LogP contribution in [-0.4, -0.2) is 67.3 Å². The molecule has 3 aromatic rings. The standard InChI is InChI=1S/C30H34F2N4O5/c1-6-41-29(38)28-34-25-16-26(40-5)23(20-10-12-36(13-11-20)19(3)37)15-24(25)27(35-28)33-18(2)21-8-7-9-22(14-21)30(31,32)17-39-4/h7-10,14-16,18H,6,11-13,17H2,1-5H3,(H,33,34,35)/t18-/m1/s1. The normalized spacial score (nSPS) is 14.4. The quantitative estimate of drug-likeness (QED) is 0.326. The number of aromatic nitrogens is 2. The summed E-state index contributed by atoms with van der Waals surface area (Å²) in [5.74, 6) is -3.08. The Morgan fingerprint density at radius 3 is 2.59 bits per heavy atom. The van der Waals surface area contributed by atoms with Gasteiger partial charge in [0, 0.05) is 55.7 Å². The van der Waals surface area contributed by atoms with Crippen LogP contribution in [0.3, 0.4) is 0 Å². The van der Waals surface area contributed by atoms with Crippen LogP contribution in [0.15, 0.2) is 42.5 Å². The van der Waals surface area contributed by atoms with Crippen LogP contribution in [0.2, 0.25) is 0 Å². The molecule has 1 atom stereocenters. The summed E-state index contributed by atoms with van der Waals surface area (Å²) in [6.45, 7) is 5.52. The molecule has 11 heteroatoms. The van der Waals surface area contributed by atoms with Crippen molar-refractivity contribution in [2.24, 2.45) is 0 Å². The number of anilines is 1. The third-order valence-electron chi connectivity index (χ3n) is 6.96. The molecule has 2 heterocycles. The third kappa shape index (κ3) is 6.62. The molecule has 0 saturated carbocycles. The minimum Gasteiger partial charge on any atom is -0.496 e. The van der Waals surface area contributed by atoms with Crippen LogP contribution in [0.5, 0.6) is 5.75 Å². The monoisotopic (exact) mass is 568 g/mol. The molecule has 4 rings (SSSR count). The highest BCUT2D eigenvalue weighted by atomic mass is 19.3. The van der Waals surface area contributed by atoms with Gasteiger partial charge in [0.1, 0.15) is 18.2 Å². The lowest BCUT2D eigenvalue weighted by atomic mass is 9.96. The number of fused-ring (bicyclic) bond motifs is 1. The topological polar surface area (TPSA) is 103 Å². The van der Waals surface area contributed by atoms with E-state index in [1.165, 1.54) is 19.2 Å². The number of esters is 1. The van der Waals surface area contributed by atoms with Crippen molar-refractivity contribution in [1.82, 2.24) is 14.9 Å². The number of ether oxygens (including phenoxy) is 3. The van der Waals surface area contributed by atoms with Crippen molar-refractivity contribution < 1.29 is 32.6 Å². The Bertz CT molecular complexity index is 1480. The Morgan fingerprint density at radius 1 is 1.17 bits per heavy atom. The van der Waals surface area contributed by atoms with E-state index < -0.39 is 24.5 Å². The summed E-state index contributed by atoms with van der Waals surface area (Å²) in [5.41, 5.74) is 2.69. The molecule has 1 amide bonds. The largest absolute Gasteiger partial charge is 0.496 e. The highest BCUT2D eigenvalue weighted by molar-refractivity contribution is 5.97. The molecule has 0 bridgehead atoms. The van der Waals surface area contributed by atoms with Gasteiger partial charge >= 0.3 is 5.97 Å². The van der Waals surface area contributed by atoms with Crippen molar-refractivity contribution in [1.29, 1.82) is 0 Å². The van der Waals surface area contributed by atoms with E-state index in [1.54, 1.807) is 44.1 Å². The molecule has 0 fully saturated rings. The number of nitrogens with zero attached hydrogens (tertiary/aromatic N) is 3. The first-order valence-corrected chi connectivity index (χ1v) is 13.3. The van der Waals surface area contributed by atoms with Gasteiger partial charge in [0.05, 0.1) is 19.2 Å². The smallest absolute Gasteiger partial charge is 0.376 e. The van der Waals surface area contributed by atoms with Crippen molar-refractivity contribution in [3.05, 3.63) is 65.0 Å². The van der Waals surface area contributed by atoms with E-state index >= 15 is 0 Å². The van der Waals surface area contributed by atoms with Crippen molar-refractivity contribution in [3.8, 4) is 5.75 Å². The van der Waals surface area contributed by atoms with E-state index in [4.69, 9.17) is 14.2 Å². The van der Waals surface area contributed by atoms with E-state index in [9.17, 15) is 18.4 Å². The number of halogens is 2. The fourth-order valence-corrected chi connectivity index (χ4v) is 4.76. The summed E-state index contributed by atoms with van der Waals surface area (Å²) in [7, 11) is 2.78. The number of hydrogen-bond acceptors (Lipinski definition) is 8. The molecule has 1 aliphatic heterocycles. The average molecular weight is 569 g/mol. The fraction of sp³-hybridized carbons (Fsp3) is 0.400. The maximum atomic E-state index is 14.6. The molecule has 1 N–H and O–H groups in total. The van der Waals surface area contributed by atoms with E-state index in [2.05, 4.69) is 15.3 Å². The van der Waals surface area contributed by atoms with Gasteiger partial charge in [-0.25, -0.2) is 14.8 Å². The molecular weight excluding hydrogens is 534 g/mol. The molecule has 2 aromatic carbocycles. The van der Waals surface area contributed by atoms with E-state index in [1.807, 2.05) is 19.1 Å². The molecular formula is C30H34F2N4O5. The lowest BCUT2D eigenvalue weighted by molar-refractivity contribution is -0.128. The van der Waals surface area contributed by atoms with Crippen molar-refractivity contribution >= 4 is 34.2 Å². The number of carbonyl (C=O) groups excluding carboxylic acids is 2. The number of hydrogen-bond donors (Lipinski definition) is 1. The van der Waals surface area contributed by atoms with Crippen LogP contribution < -0.4 is 10.1 Å². The molecule has 218 valence electrons. The number of nitrogens with one attached hydrogen (secondary N) is 1. The predicted octanol–water partition coefficient (Wildman–Crippen LogP) is 5.36. The second-order valence-electron chi connectivity index (χ2n) is 9.76. The summed E-state index contributed by atoms with van der Waals surface area (Å²) in [6.07, 6.45) is 2.62. The van der Waals surface area contributed by atoms with E-state index in [0.29, 0.717) is 47.5 Å². The van der Waals surface area contributed by atoms with Crippen LogP contribution in [0, 0.1) is 0 Å². The molecule has 0 aliphatic carbocycles. The third-order valence-corrected chi connectivity index (χ3v) is 6.96. The average Bonchev–Trinajstić information content (AvgIpc) is 2.96. The fourth-order valence-electron chi connectivity index (χ4n) is 4.76. The van der Waals surface area contributed by atoms with Crippen LogP contribution in [-0.2, 0) is 20.2 Å². The van der Waals surface area contributed by atoms with Gasteiger partial charge in [-0.2, -0.15) is 8.78 Å². The number of amides is 1. The van der Waals surface area contributed by atoms with Gasteiger partial charge in [0.15, 0.2) is 0 Å². The Kier molecular flexibility index (Phi) is 9.17. The van der Waals surface area contributed by atoms with Crippen molar-refractivity contribution in [2.75, 3.05) is 45.8 Å². The second kappa shape index (κ2) is 12.6. The minimum absolute atomic E-state index is 0.00944. The Morgan fingerprint density at radius 2 is 1.95 bits per heavy atom. The number of rotatable bonds is 10. The van der Waals surface area contributed by atoms with Crippen LogP contribution >= 0.6 is 0 Å². The number of alkyl halides is 2. The number of benzene rings is 2. The summed E-state index contributed by atoms with van der Waals surface area (Å²) in [5, 5.41) is 3.90. The highest BCUT2D eigenvalue weighted by Crippen LogP contribution is 2.37. The maximum absolute atomic E-state index is 14.6. The molecule has 0 spiro atoms. The first kappa shape index (κ1) is 29.9. The maximum Gasteiger partial charge on any atom is 0.376 e. The zero-order chi connectivity index (χ0) is 29.7. The van der Waals surface area contributed by atoms with E-state index in [-0.39, 0.29) is 23.9 Å². The van der Waals surface area contributed by atoms with Gasteiger partial charge in [-0.15, -0.1) is 0 Å². The van der Waals surface area contributed by atoms with Crippen LogP contribution in [0.1, 0.15) is 60.5 Å². The first-order chi connectivity index (χ1) is 19.6. The molecule has 41 heavy (non-hydrogen) atoms. The lowest BCUT2D eigenvalue weighted by Crippen LogP contribution is -2.32. The minimum atomic E-state index is -3.15. The summed E-state index contributed by atoms with van der Waals surface area (Å²) >= 11 is 0. The summed E-state index contributed by atoms with van der Waals surface area (Å²) in [4.78, 5) is 35.1. The predicted molar refractivity (Wildman–Crippen MR) is 151 cm³/mol. The molecule has 9 nitrogen and oxygen atoms in total. The molecule has 0 radical (unpaired) electrons. The van der Waals surface area contributed by atoms with Crippen molar-refractivity contribution in [2.45, 2.75) is 39.2 Å². The van der Waals surface area contributed by atoms with Gasteiger partial charge in [-0.3, -0.25) is 4.79 Å². The second-order valence-corrected chi connectivity index (χ2v) is 9.76. The van der Waals surface area contributed by atoms with E-state index in [0.717, 1.165) is 11.1 Å². The Balaban J connectivity index is 1.79. The number of methoxy groups -OCH3 is 2. The SMILES string of the molecule is CCOC(=O)c1nc(N[C@H](C)c2cccc(C(F)(F)COC)c2)c2cc(C3=CCN(C(C)=O)CC3)c(OC)cc2n1. The van der Waals surface area contributed by atoms with Gasteiger partial charge in [0.25, 0.3) is 5.92 Å². The Hall–Kier alpha value is -4.12. The van der Waals surface area contributed by atoms with Crippen molar-refractivity contribution in [3.63, 3.8) is 0 Å². The van der Waals surface area contributed by atoms with Crippen LogP contribution in [0.4, 0.5) is 14.6 Å². The highest BCUT2D eigenvalue weighted by Gasteiger charge is 2.32. The molecule has 1 aromatic heterocycles.